The maximum absolute atomic E-state index is 13.0. The molecule has 0 saturated heterocycles. The molecule has 1 aliphatic rings. The Hall–Kier alpha value is -2.04. The number of halogens is 1. The van der Waals surface area contributed by atoms with Crippen molar-refractivity contribution in [3.05, 3.63) is 70.1 Å². The monoisotopic (exact) mass is 357 g/mol. The molecule has 0 unspecified atom stereocenters. The summed E-state index contributed by atoms with van der Waals surface area (Å²) < 4.78 is 0. The lowest BCUT2D eigenvalue weighted by molar-refractivity contribution is -0.119. The van der Waals surface area contributed by atoms with Crippen molar-refractivity contribution >= 4 is 46.4 Å². The van der Waals surface area contributed by atoms with Crippen LogP contribution in [0.3, 0.4) is 0 Å². The van der Waals surface area contributed by atoms with Gasteiger partial charge in [0.1, 0.15) is 0 Å². The van der Waals surface area contributed by atoms with Crippen molar-refractivity contribution in [2.75, 3.05) is 4.90 Å². The smallest absolute Gasteiger partial charge is 0.268 e. The van der Waals surface area contributed by atoms with Gasteiger partial charge in [0, 0.05) is 10.3 Å². The molecule has 24 heavy (non-hydrogen) atoms. The number of thioether (sulfide) groups is 1. The van der Waals surface area contributed by atoms with Crippen molar-refractivity contribution in [2.24, 2.45) is 0 Å². The van der Waals surface area contributed by atoms with Gasteiger partial charge in [-0.25, -0.2) is 4.90 Å². The van der Waals surface area contributed by atoms with E-state index in [1.54, 1.807) is 24.3 Å². The van der Waals surface area contributed by atoms with Crippen LogP contribution in [0.1, 0.15) is 19.4 Å². The molecule has 2 aromatic rings. The van der Waals surface area contributed by atoms with E-state index in [2.05, 4.69) is 0 Å². The van der Waals surface area contributed by atoms with E-state index < -0.39 is 0 Å². The highest BCUT2D eigenvalue weighted by Crippen LogP contribution is 2.40. The highest BCUT2D eigenvalue weighted by Gasteiger charge is 2.40. The molecule has 2 amide bonds. The third-order valence-electron chi connectivity index (χ3n) is 3.52. The predicted molar refractivity (Wildman–Crippen MR) is 100 cm³/mol. The molecule has 0 radical (unpaired) electrons. The van der Waals surface area contributed by atoms with Crippen molar-refractivity contribution in [2.45, 2.75) is 19.1 Å². The number of nitrogens with zero attached hydrogens (tertiary/aromatic N) is 1. The quantitative estimate of drug-likeness (QED) is 0.740. The van der Waals surface area contributed by atoms with Gasteiger partial charge in [0.25, 0.3) is 11.8 Å². The fourth-order valence-electron chi connectivity index (χ4n) is 2.56. The summed E-state index contributed by atoms with van der Waals surface area (Å²) in [5.41, 5.74) is 1.70. The zero-order valence-electron chi connectivity index (χ0n) is 13.3. The van der Waals surface area contributed by atoms with Crippen molar-refractivity contribution in [1.82, 2.24) is 0 Å². The Morgan fingerprint density at radius 3 is 2.29 bits per heavy atom. The second-order valence-corrected chi connectivity index (χ2v) is 7.69. The maximum atomic E-state index is 13.0. The Kier molecular flexibility index (Phi) is 4.78. The number of rotatable bonds is 4. The van der Waals surface area contributed by atoms with Crippen LogP contribution in [-0.2, 0) is 9.59 Å². The van der Waals surface area contributed by atoms with Gasteiger partial charge in [0.2, 0.25) is 0 Å². The zero-order valence-corrected chi connectivity index (χ0v) is 14.9. The molecule has 0 N–H and O–H groups in total. The number of hydrogen-bond acceptors (Lipinski definition) is 3. The standard InChI is InChI=1S/C19H16ClNO2S/c1-12(2)24-17-16(13-7-4-3-5-8-13)18(22)21(19(17)23)15-10-6-9-14(20)11-15/h3-12H,1-2H3. The highest BCUT2D eigenvalue weighted by atomic mass is 35.5. The maximum Gasteiger partial charge on any atom is 0.272 e. The molecule has 2 aromatic carbocycles. The van der Waals surface area contributed by atoms with E-state index in [0.29, 0.717) is 21.2 Å². The van der Waals surface area contributed by atoms with Crippen molar-refractivity contribution in [3.8, 4) is 0 Å². The van der Waals surface area contributed by atoms with Gasteiger partial charge in [-0.1, -0.05) is 61.8 Å². The summed E-state index contributed by atoms with van der Waals surface area (Å²) in [5, 5.41) is 0.675. The average Bonchev–Trinajstić information content (AvgIpc) is 2.78. The van der Waals surface area contributed by atoms with Crippen molar-refractivity contribution < 1.29 is 9.59 Å². The number of carbonyl (C=O) groups excluding carboxylic acids is 2. The number of carbonyl (C=O) groups is 2. The molecular formula is C19H16ClNO2S. The third-order valence-corrected chi connectivity index (χ3v) is 4.84. The largest absolute Gasteiger partial charge is 0.272 e. The lowest BCUT2D eigenvalue weighted by atomic mass is 10.1. The molecule has 5 heteroatoms. The summed E-state index contributed by atoms with van der Waals surface area (Å²) >= 11 is 7.44. The van der Waals surface area contributed by atoms with Gasteiger partial charge in [0.15, 0.2) is 0 Å². The molecule has 122 valence electrons. The molecule has 0 spiro atoms. The van der Waals surface area contributed by atoms with Crippen LogP contribution in [0.25, 0.3) is 5.57 Å². The fraction of sp³-hybridized carbons (Fsp3) is 0.158. The van der Waals surface area contributed by atoms with Gasteiger partial charge < -0.3 is 0 Å². The first kappa shape index (κ1) is 16.8. The topological polar surface area (TPSA) is 37.4 Å². The summed E-state index contributed by atoms with van der Waals surface area (Å²) in [5.74, 6) is -0.601. The van der Waals surface area contributed by atoms with E-state index in [4.69, 9.17) is 11.6 Å². The first-order chi connectivity index (χ1) is 11.5. The molecule has 0 aliphatic carbocycles. The first-order valence-corrected chi connectivity index (χ1v) is 8.85. The summed E-state index contributed by atoms with van der Waals surface area (Å²) in [4.78, 5) is 27.6. The van der Waals surface area contributed by atoms with Crippen LogP contribution in [-0.4, -0.2) is 17.1 Å². The molecule has 1 aliphatic heterocycles. The van der Waals surface area contributed by atoms with E-state index >= 15 is 0 Å². The Labute approximate surface area is 150 Å². The van der Waals surface area contributed by atoms with Crippen LogP contribution >= 0.6 is 23.4 Å². The van der Waals surface area contributed by atoms with Gasteiger partial charge in [-0.3, -0.25) is 9.59 Å². The van der Waals surface area contributed by atoms with E-state index in [1.807, 2.05) is 44.2 Å². The number of hydrogen-bond donors (Lipinski definition) is 0. The van der Waals surface area contributed by atoms with Gasteiger partial charge in [-0.05, 0) is 23.8 Å². The number of anilines is 1. The van der Waals surface area contributed by atoms with E-state index in [9.17, 15) is 9.59 Å². The highest BCUT2D eigenvalue weighted by molar-refractivity contribution is 8.04. The normalized spacial score (nSPS) is 14.9. The van der Waals surface area contributed by atoms with Gasteiger partial charge in [0.05, 0.1) is 16.2 Å². The van der Waals surface area contributed by atoms with Crippen LogP contribution in [0.15, 0.2) is 59.5 Å². The molecule has 3 rings (SSSR count). The number of benzene rings is 2. The minimum absolute atomic E-state index is 0.190. The molecule has 0 aromatic heterocycles. The lowest BCUT2D eigenvalue weighted by Crippen LogP contribution is -2.31. The summed E-state index contributed by atoms with van der Waals surface area (Å²) in [6.45, 7) is 4.00. The van der Waals surface area contributed by atoms with Gasteiger partial charge in [-0.15, -0.1) is 11.8 Å². The molecule has 1 heterocycles. The van der Waals surface area contributed by atoms with Crippen LogP contribution in [0, 0.1) is 0 Å². The Balaban J connectivity index is 2.11. The van der Waals surface area contributed by atoms with Gasteiger partial charge in [-0.2, -0.15) is 0 Å². The second-order valence-electron chi connectivity index (χ2n) is 5.66. The Morgan fingerprint density at radius 2 is 1.67 bits per heavy atom. The van der Waals surface area contributed by atoms with E-state index in [1.165, 1.54) is 16.7 Å². The Morgan fingerprint density at radius 1 is 0.958 bits per heavy atom. The van der Waals surface area contributed by atoms with Crippen molar-refractivity contribution in [1.29, 1.82) is 0 Å². The molecule has 0 bridgehead atoms. The van der Waals surface area contributed by atoms with Crippen LogP contribution in [0.4, 0.5) is 5.69 Å². The molecule has 0 saturated carbocycles. The number of imide groups is 1. The van der Waals surface area contributed by atoms with E-state index in [0.717, 1.165) is 5.56 Å². The SMILES string of the molecule is CC(C)SC1=C(c2ccccc2)C(=O)N(c2cccc(Cl)c2)C1=O. The van der Waals surface area contributed by atoms with Crippen LogP contribution in [0.2, 0.25) is 5.02 Å². The molecular weight excluding hydrogens is 342 g/mol. The molecule has 0 atom stereocenters. The third kappa shape index (κ3) is 3.12. The van der Waals surface area contributed by atoms with Gasteiger partial charge >= 0.3 is 0 Å². The van der Waals surface area contributed by atoms with Crippen molar-refractivity contribution in [3.63, 3.8) is 0 Å². The van der Waals surface area contributed by atoms with Crippen LogP contribution < -0.4 is 4.90 Å². The molecule has 0 fully saturated rings. The Bertz CT molecular complexity index is 830. The predicted octanol–water partition coefficient (Wildman–Crippen LogP) is 4.77. The minimum Gasteiger partial charge on any atom is -0.268 e. The lowest BCUT2D eigenvalue weighted by Gasteiger charge is -2.15. The average molecular weight is 358 g/mol. The zero-order chi connectivity index (χ0) is 17.3. The summed E-state index contributed by atoms with van der Waals surface area (Å²) in [7, 11) is 0. The minimum atomic E-state index is -0.309. The summed E-state index contributed by atoms with van der Waals surface area (Å²) in [6.07, 6.45) is 0. The summed E-state index contributed by atoms with van der Waals surface area (Å²) in [6, 6.07) is 16.1. The van der Waals surface area contributed by atoms with E-state index in [-0.39, 0.29) is 17.1 Å². The fourth-order valence-corrected chi connectivity index (χ4v) is 3.73. The second kappa shape index (κ2) is 6.83. The van der Waals surface area contributed by atoms with Crippen LogP contribution in [0.5, 0.6) is 0 Å². The molecule has 3 nitrogen and oxygen atoms in total. The first-order valence-electron chi connectivity index (χ1n) is 7.59. The number of amides is 2.